The van der Waals surface area contributed by atoms with E-state index in [1.165, 1.54) is 12.1 Å². The maximum atomic E-state index is 12.7. The second-order valence-corrected chi connectivity index (χ2v) is 7.75. The van der Waals surface area contributed by atoms with Crippen molar-refractivity contribution in [3.05, 3.63) is 66.1 Å². The third-order valence-electron chi connectivity index (χ3n) is 5.61. The lowest BCUT2D eigenvalue weighted by Gasteiger charge is -2.37. The molecule has 1 aromatic carbocycles. The highest BCUT2D eigenvalue weighted by atomic mass is 19.4. The van der Waals surface area contributed by atoms with Gasteiger partial charge in [-0.3, -0.25) is 14.6 Å². The molecule has 1 saturated heterocycles. The van der Waals surface area contributed by atoms with Crippen LogP contribution in [-0.4, -0.2) is 57.3 Å². The van der Waals surface area contributed by atoms with Gasteiger partial charge >= 0.3 is 6.18 Å². The van der Waals surface area contributed by atoms with Crippen LogP contribution in [-0.2, 0) is 17.5 Å². The second kappa shape index (κ2) is 8.68. The minimum absolute atomic E-state index is 0.228. The number of nitrogens with one attached hydrogen (secondary N) is 1. The highest BCUT2D eigenvalue weighted by Gasteiger charge is 2.30. The van der Waals surface area contributed by atoms with Crippen molar-refractivity contribution in [3.63, 3.8) is 0 Å². The van der Waals surface area contributed by atoms with Gasteiger partial charge in [0.1, 0.15) is 5.65 Å². The molecule has 0 saturated carbocycles. The van der Waals surface area contributed by atoms with Gasteiger partial charge in [-0.1, -0.05) is 6.07 Å². The van der Waals surface area contributed by atoms with E-state index >= 15 is 0 Å². The van der Waals surface area contributed by atoms with Crippen LogP contribution in [0.4, 0.5) is 18.9 Å². The normalized spacial score (nSPS) is 17.0. The molecule has 0 bridgehead atoms. The Bertz CT molecular complexity index is 1010. The van der Waals surface area contributed by atoms with E-state index in [1.807, 2.05) is 41.9 Å². The summed E-state index contributed by atoms with van der Waals surface area (Å²) in [6.07, 6.45) is -0.388. The summed E-state index contributed by atoms with van der Waals surface area (Å²) in [5.41, 5.74) is 1.55. The molecule has 2 aromatic heterocycles. The minimum Gasteiger partial charge on any atom is -0.325 e. The molecule has 0 aliphatic carbocycles. The fraction of sp³-hybridized carbons (Fsp3) is 0.364. The van der Waals surface area contributed by atoms with E-state index < -0.39 is 11.7 Å². The lowest BCUT2D eigenvalue weighted by atomic mass is 10.1. The number of carbonyl (C=O) groups excluding carboxylic acids is 1. The third-order valence-corrected chi connectivity index (χ3v) is 5.61. The molecule has 1 aliphatic rings. The average molecular weight is 431 g/mol. The first kappa shape index (κ1) is 21.3. The van der Waals surface area contributed by atoms with Gasteiger partial charge in [0.2, 0.25) is 5.91 Å². The summed E-state index contributed by atoms with van der Waals surface area (Å²) in [4.78, 5) is 21.6. The van der Waals surface area contributed by atoms with Crippen LogP contribution in [0.3, 0.4) is 0 Å². The monoisotopic (exact) mass is 431 g/mol. The van der Waals surface area contributed by atoms with Crippen molar-refractivity contribution in [3.8, 4) is 0 Å². The molecule has 3 aromatic rings. The number of halogens is 3. The van der Waals surface area contributed by atoms with E-state index in [2.05, 4.69) is 20.1 Å². The molecular formula is C22H24F3N5O. The zero-order valence-electron chi connectivity index (χ0n) is 17.1. The van der Waals surface area contributed by atoms with Gasteiger partial charge in [-0.15, -0.1) is 0 Å². The van der Waals surface area contributed by atoms with Gasteiger partial charge < -0.3 is 9.72 Å². The number of alkyl halides is 3. The average Bonchev–Trinajstić information content (AvgIpc) is 3.16. The van der Waals surface area contributed by atoms with Gasteiger partial charge in [-0.25, -0.2) is 4.98 Å². The summed E-state index contributed by atoms with van der Waals surface area (Å²) >= 11 is 0. The van der Waals surface area contributed by atoms with Gasteiger partial charge in [-0.05, 0) is 43.3 Å². The molecule has 1 amide bonds. The van der Waals surface area contributed by atoms with Crippen LogP contribution in [0.25, 0.3) is 5.65 Å². The van der Waals surface area contributed by atoms with Gasteiger partial charge in [0.15, 0.2) is 0 Å². The van der Waals surface area contributed by atoms with Gasteiger partial charge in [0.05, 0.1) is 17.3 Å². The SMILES string of the molecule is C[C@@H](C(=O)Nc1ccc(C(F)(F)F)cc1)N1CCN(Cc2cn3ccccc3n2)CC1. The number of benzene rings is 1. The van der Waals surface area contributed by atoms with E-state index in [9.17, 15) is 18.0 Å². The summed E-state index contributed by atoms with van der Waals surface area (Å²) in [7, 11) is 0. The molecule has 164 valence electrons. The molecule has 4 rings (SSSR count). The molecule has 1 N–H and O–H groups in total. The van der Waals surface area contributed by atoms with Crippen LogP contribution in [0.1, 0.15) is 18.2 Å². The van der Waals surface area contributed by atoms with Crippen molar-refractivity contribution < 1.29 is 18.0 Å². The van der Waals surface area contributed by atoms with Crippen molar-refractivity contribution in [2.45, 2.75) is 25.7 Å². The number of aromatic nitrogens is 2. The zero-order chi connectivity index (χ0) is 22.0. The fourth-order valence-electron chi connectivity index (χ4n) is 3.76. The van der Waals surface area contributed by atoms with Crippen LogP contribution in [0.2, 0.25) is 0 Å². The van der Waals surface area contributed by atoms with Crippen LogP contribution < -0.4 is 5.32 Å². The largest absolute Gasteiger partial charge is 0.416 e. The minimum atomic E-state index is -4.39. The Hall–Kier alpha value is -2.91. The highest BCUT2D eigenvalue weighted by molar-refractivity contribution is 5.94. The smallest absolute Gasteiger partial charge is 0.325 e. The van der Waals surface area contributed by atoms with E-state index in [-0.39, 0.29) is 11.9 Å². The molecule has 1 atom stereocenters. The summed E-state index contributed by atoms with van der Waals surface area (Å²) in [5, 5.41) is 2.71. The maximum absolute atomic E-state index is 12.7. The maximum Gasteiger partial charge on any atom is 0.416 e. The topological polar surface area (TPSA) is 52.9 Å². The van der Waals surface area contributed by atoms with Crippen LogP contribution >= 0.6 is 0 Å². The lowest BCUT2D eigenvalue weighted by Crippen LogP contribution is -2.52. The standard InChI is InChI=1S/C22H24F3N5O/c1-16(21(31)27-18-7-5-17(6-8-18)22(23,24)25)29-12-10-28(11-13-29)14-19-15-30-9-3-2-4-20(30)26-19/h2-9,15-16H,10-14H2,1H3,(H,27,31)/t16-/m0/s1. The molecule has 0 spiro atoms. The van der Waals surface area contributed by atoms with Crippen molar-refractivity contribution in [1.29, 1.82) is 0 Å². The Morgan fingerprint density at radius 3 is 2.45 bits per heavy atom. The van der Waals surface area contributed by atoms with E-state index in [0.717, 1.165) is 56.2 Å². The van der Waals surface area contributed by atoms with E-state index in [0.29, 0.717) is 5.69 Å². The third kappa shape index (κ3) is 5.05. The molecule has 1 aliphatic heterocycles. The van der Waals surface area contributed by atoms with E-state index in [1.54, 1.807) is 0 Å². The Morgan fingerprint density at radius 1 is 1.10 bits per heavy atom. The first-order chi connectivity index (χ1) is 14.8. The summed E-state index contributed by atoms with van der Waals surface area (Å²) in [6.45, 7) is 5.65. The molecular weight excluding hydrogens is 407 g/mol. The fourth-order valence-corrected chi connectivity index (χ4v) is 3.76. The first-order valence-corrected chi connectivity index (χ1v) is 10.2. The molecule has 31 heavy (non-hydrogen) atoms. The number of pyridine rings is 1. The van der Waals surface area contributed by atoms with Gasteiger partial charge in [0, 0.05) is 50.8 Å². The Balaban J connectivity index is 1.28. The number of carbonyl (C=O) groups is 1. The van der Waals surface area contributed by atoms with Crippen molar-refractivity contribution in [2.75, 3.05) is 31.5 Å². The van der Waals surface area contributed by atoms with Crippen molar-refractivity contribution in [1.82, 2.24) is 19.2 Å². The number of hydrogen-bond donors (Lipinski definition) is 1. The van der Waals surface area contributed by atoms with Crippen molar-refractivity contribution >= 4 is 17.2 Å². The highest BCUT2D eigenvalue weighted by Crippen LogP contribution is 2.29. The Morgan fingerprint density at radius 2 is 1.81 bits per heavy atom. The number of amides is 1. The van der Waals surface area contributed by atoms with Gasteiger partial charge in [-0.2, -0.15) is 13.2 Å². The molecule has 0 radical (unpaired) electrons. The Kier molecular flexibility index (Phi) is 5.97. The number of anilines is 1. The van der Waals surface area contributed by atoms with Crippen molar-refractivity contribution in [2.24, 2.45) is 0 Å². The van der Waals surface area contributed by atoms with Gasteiger partial charge in [0.25, 0.3) is 0 Å². The zero-order valence-corrected chi connectivity index (χ0v) is 17.1. The van der Waals surface area contributed by atoms with Crippen LogP contribution in [0, 0.1) is 0 Å². The first-order valence-electron chi connectivity index (χ1n) is 10.2. The molecule has 1 fully saturated rings. The lowest BCUT2D eigenvalue weighted by molar-refractivity contribution is -0.137. The number of fused-ring (bicyclic) bond motifs is 1. The molecule has 9 heteroatoms. The Labute approximate surface area is 178 Å². The number of piperazine rings is 1. The summed E-state index contributed by atoms with van der Waals surface area (Å²) in [6, 6.07) is 10.0. The van der Waals surface area contributed by atoms with E-state index in [4.69, 9.17) is 0 Å². The number of nitrogens with zero attached hydrogens (tertiary/aromatic N) is 4. The summed E-state index contributed by atoms with van der Waals surface area (Å²) in [5.74, 6) is -0.228. The molecule has 0 unspecified atom stereocenters. The quantitative estimate of drug-likeness (QED) is 0.672. The number of rotatable bonds is 5. The summed E-state index contributed by atoms with van der Waals surface area (Å²) < 4.78 is 40.0. The number of hydrogen-bond acceptors (Lipinski definition) is 4. The number of imidazole rings is 1. The predicted molar refractivity (Wildman–Crippen MR) is 112 cm³/mol. The van der Waals surface area contributed by atoms with Crippen LogP contribution in [0.15, 0.2) is 54.9 Å². The molecule has 3 heterocycles. The second-order valence-electron chi connectivity index (χ2n) is 7.75. The predicted octanol–water partition coefficient (Wildman–Crippen LogP) is 3.50. The van der Waals surface area contributed by atoms with Crippen LogP contribution in [0.5, 0.6) is 0 Å². The molecule has 6 nitrogen and oxygen atoms in total.